The van der Waals surface area contributed by atoms with E-state index in [1.807, 2.05) is 31.5 Å². The van der Waals surface area contributed by atoms with Crippen molar-refractivity contribution in [2.75, 3.05) is 18.4 Å². The Morgan fingerprint density at radius 3 is 2.60 bits per heavy atom. The number of nitrogens with one attached hydrogen (secondary N) is 1. The molecule has 0 bridgehead atoms. The number of rotatable bonds is 6. The Bertz CT molecular complexity index is 591. The van der Waals surface area contributed by atoms with Crippen molar-refractivity contribution in [3.8, 4) is 0 Å². The van der Waals surface area contributed by atoms with Gasteiger partial charge in [-0.3, -0.25) is 4.79 Å². The molecule has 5 nitrogen and oxygen atoms in total. The topological polar surface area (TPSA) is 50.2 Å². The highest BCUT2D eigenvalue weighted by atomic mass is 16.2. The zero-order chi connectivity index (χ0) is 18.6. The van der Waals surface area contributed by atoms with E-state index in [2.05, 4.69) is 35.7 Å². The van der Waals surface area contributed by atoms with Crippen molar-refractivity contribution in [3.05, 3.63) is 24.4 Å². The first-order chi connectivity index (χ1) is 11.7. The smallest absolute Gasteiger partial charge is 0.230 e. The Labute approximate surface area is 152 Å². The first-order valence-electron chi connectivity index (χ1n) is 9.42. The van der Waals surface area contributed by atoms with Gasteiger partial charge in [0.1, 0.15) is 5.82 Å². The Morgan fingerprint density at radius 2 is 2.04 bits per heavy atom. The van der Waals surface area contributed by atoms with Gasteiger partial charge in [-0.1, -0.05) is 26.3 Å². The van der Waals surface area contributed by atoms with Crippen molar-refractivity contribution >= 4 is 11.7 Å². The number of hydrogen-bond acceptors (Lipinski definition) is 3. The molecule has 1 aliphatic rings. The fourth-order valence-electron chi connectivity index (χ4n) is 3.22. The van der Waals surface area contributed by atoms with Crippen LogP contribution in [0.4, 0.5) is 5.82 Å². The van der Waals surface area contributed by atoms with Crippen LogP contribution < -0.4 is 5.32 Å². The summed E-state index contributed by atoms with van der Waals surface area (Å²) in [5, 5.41) is 7.51. The molecule has 1 aromatic rings. The highest BCUT2D eigenvalue weighted by Gasteiger charge is 2.27. The van der Waals surface area contributed by atoms with E-state index in [1.165, 1.54) is 12.0 Å². The molecule has 1 aromatic heterocycles. The first-order valence-corrected chi connectivity index (χ1v) is 9.42. The third kappa shape index (κ3) is 5.43. The zero-order valence-corrected chi connectivity index (χ0v) is 16.5. The molecule has 5 heteroatoms. The molecule has 1 N–H and O–H groups in total. The lowest BCUT2D eigenvalue weighted by molar-refractivity contribution is -0.123. The summed E-state index contributed by atoms with van der Waals surface area (Å²) < 4.78 is 2.00. The maximum atomic E-state index is 12.3. The van der Waals surface area contributed by atoms with Gasteiger partial charge in [0.25, 0.3) is 0 Å². The quantitative estimate of drug-likeness (QED) is 0.784. The minimum Gasteiger partial charge on any atom is -0.310 e. The zero-order valence-electron chi connectivity index (χ0n) is 16.5. The number of amides is 1. The molecular formula is C20H34N4O. The normalized spacial score (nSPS) is 18.1. The van der Waals surface area contributed by atoms with Gasteiger partial charge in [0.2, 0.25) is 5.91 Å². The average Bonchev–Trinajstić information content (AvgIpc) is 3.00. The van der Waals surface area contributed by atoms with Gasteiger partial charge in [-0.25, -0.2) is 4.68 Å². The van der Waals surface area contributed by atoms with Gasteiger partial charge >= 0.3 is 0 Å². The van der Waals surface area contributed by atoms with Crippen molar-refractivity contribution < 1.29 is 4.79 Å². The predicted molar refractivity (Wildman–Crippen MR) is 104 cm³/mol. The van der Waals surface area contributed by atoms with Gasteiger partial charge in [-0.05, 0) is 39.5 Å². The highest BCUT2D eigenvalue weighted by molar-refractivity contribution is 5.93. The van der Waals surface area contributed by atoms with E-state index in [1.54, 1.807) is 6.20 Å². The van der Waals surface area contributed by atoms with Crippen molar-refractivity contribution in [2.45, 2.75) is 72.4 Å². The van der Waals surface area contributed by atoms with E-state index in [0.717, 1.165) is 38.2 Å². The molecular weight excluding hydrogens is 312 g/mol. The van der Waals surface area contributed by atoms with Crippen LogP contribution in [0.5, 0.6) is 0 Å². The second-order valence-electron chi connectivity index (χ2n) is 8.48. The fraction of sp³-hybridized carbons (Fsp3) is 0.700. The number of carbonyl (C=O) groups is 1. The van der Waals surface area contributed by atoms with Crippen molar-refractivity contribution in [3.63, 3.8) is 0 Å². The van der Waals surface area contributed by atoms with Gasteiger partial charge in [0.15, 0.2) is 0 Å². The summed E-state index contributed by atoms with van der Waals surface area (Å²) in [4.78, 5) is 14.8. The van der Waals surface area contributed by atoms with Gasteiger partial charge in [-0.2, -0.15) is 5.10 Å². The van der Waals surface area contributed by atoms with Crippen LogP contribution in [0, 0.1) is 5.41 Å². The second kappa shape index (κ2) is 8.17. The van der Waals surface area contributed by atoms with Crippen molar-refractivity contribution in [1.29, 1.82) is 0 Å². The molecule has 140 valence electrons. The van der Waals surface area contributed by atoms with E-state index in [-0.39, 0.29) is 5.91 Å². The van der Waals surface area contributed by atoms with Crippen LogP contribution in [0.3, 0.4) is 0 Å². The van der Waals surface area contributed by atoms with E-state index in [0.29, 0.717) is 12.1 Å². The Balaban J connectivity index is 1.92. The Kier molecular flexibility index (Phi) is 6.44. The van der Waals surface area contributed by atoms with Gasteiger partial charge in [0.05, 0.1) is 12.2 Å². The first kappa shape index (κ1) is 19.7. The molecule has 0 spiro atoms. The Hall–Kier alpha value is -1.62. The van der Waals surface area contributed by atoms with Crippen LogP contribution >= 0.6 is 0 Å². The summed E-state index contributed by atoms with van der Waals surface area (Å²) in [6, 6.07) is 2.84. The van der Waals surface area contributed by atoms with Gasteiger partial charge < -0.3 is 10.2 Å². The summed E-state index contributed by atoms with van der Waals surface area (Å²) in [6.45, 7) is 16.3. The third-order valence-corrected chi connectivity index (χ3v) is 5.05. The van der Waals surface area contributed by atoms with Crippen molar-refractivity contribution in [2.24, 2.45) is 5.41 Å². The molecule has 2 heterocycles. The third-order valence-electron chi connectivity index (χ3n) is 5.05. The molecule has 1 aliphatic heterocycles. The predicted octanol–water partition coefficient (Wildman–Crippen LogP) is 4.25. The average molecular weight is 347 g/mol. The molecule has 1 atom stereocenters. The summed E-state index contributed by atoms with van der Waals surface area (Å²) in [5.41, 5.74) is 0.856. The van der Waals surface area contributed by atoms with Gasteiger partial charge in [0, 0.05) is 30.6 Å². The number of nitrogens with zero attached hydrogens (tertiary/aromatic N) is 3. The molecule has 0 radical (unpaired) electrons. The highest BCUT2D eigenvalue weighted by Crippen LogP contribution is 2.28. The van der Waals surface area contributed by atoms with Crippen LogP contribution in [0.1, 0.15) is 66.3 Å². The molecule has 0 aromatic carbocycles. The van der Waals surface area contributed by atoms with Crippen LogP contribution in [0.25, 0.3) is 0 Å². The number of hydrogen-bond donors (Lipinski definition) is 1. The SMILES string of the molecule is C=C(C)CC[C@@H](C)N1CCC(n2nccc2NC(=O)C(C)(C)C)CC1. The lowest BCUT2D eigenvalue weighted by atomic mass is 9.96. The number of allylic oxidation sites excluding steroid dienone is 1. The summed E-state index contributed by atoms with van der Waals surface area (Å²) >= 11 is 0. The number of carbonyl (C=O) groups excluding carboxylic acids is 1. The molecule has 1 saturated heterocycles. The van der Waals surface area contributed by atoms with Crippen LogP contribution in [0.2, 0.25) is 0 Å². The van der Waals surface area contributed by atoms with E-state index >= 15 is 0 Å². The van der Waals surface area contributed by atoms with E-state index in [4.69, 9.17) is 0 Å². The Morgan fingerprint density at radius 1 is 1.40 bits per heavy atom. The maximum absolute atomic E-state index is 12.3. The van der Waals surface area contributed by atoms with Crippen LogP contribution in [0.15, 0.2) is 24.4 Å². The number of aromatic nitrogens is 2. The summed E-state index contributed by atoms with van der Waals surface area (Å²) in [5.74, 6) is 0.841. The fourth-order valence-corrected chi connectivity index (χ4v) is 3.22. The number of piperidine rings is 1. The molecule has 0 saturated carbocycles. The second-order valence-corrected chi connectivity index (χ2v) is 8.48. The summed E-state index contributed by atoms with van der Waals surface area (Å²) in [7, 11) is 0. The standard InChI is InChI=1S/C20H34N4O/c1-15(2)7-8-16(3)23-13-10-17(11-14-23)24-18(9-12-21-24)22-19(25)20(4,5)6/h9,12,16-17H,1,7-8,10-11,13-14H2,2-6H3,(H,22,25)/t16-/m1/s1. The van der Waals surface area contributed by atoms with Crippen LogP contribution in [-0.4, -0.2) is 39.7 Å². The molecule has 1 amide bonds. The minimum atomic E-state index is -0.406. The molecule has 1 fully saturated rings. The monoisotopic (exact) mass is 346 g/mol. The lowest BCUT2D eigenvalue weighted by Crippen LogP contribution is -2.41. The van der Waals surface area contributed by atoms with Crippen molar-refractivity contribution in [1.82, 2.24) is 14.7 Å². The minimum absolute atomic E-state index is 0.0279. The van der Waals surface area contributed by atoms with E-state index < -0.39 is 5.41 Å². The van der Waals surface area contributed by atoms with Gasteiger partial charge in [-0.15, -0.1) is 6.58 Å². The molecule has 0 unspecified atom stereocenters. The van der Waals surface area contributed by atoms with Crippen LogP contribution in [-0.2, 0) is 4.79 Å². The number of likely N-dealkylation sites (tertiary alicyclic amines) is 1. The molecule has 2 rings (SSSR count). The number of anilines is 1. The van der Waals surface area contributed by atoms with E-state index in [9.17, 15) is 4.79 Å². The molecule has 25 heavy (non-hydrogen) atoms. The lowest BCUT2D eigenvalue weighted by Gasteiger charge is -2.36. The molecule has 0 aliphatic carbocycles. The largest absolute Gasteiger partial charge is 0.310 e. The maximum Gasteiger partial charge on any atom is 0.230 e. The summed E-state index contributed by atoms with van der Waals surface area (Å²) in [6.07, 6.45) is 6.19.